The Hall–Kier alpha value is -1.78. The fraction of sp³-hybridized carbons (Fsp3) is 0.375. The van der Waals surface area contributed by atoms with Crippen molar-refractivity contribution in [1.82, 2.24) is 5.32 Å². The molecule has 2 heterocycles. The van der Waals surface area contributed by atoms with E-state index < -0.39 is 0 Å². The number of nitrogens with zero attached hydrogens (tertiary/aromatic N) is 1. The third-order valence-electron chi connectivity index (χ3n) is 3.57. The Labute approximate surface area is 118 Å². The number of ether oxygens (including phenoxy) is 1. The van der Waals surface area contributed by atoms with Gasteiger partial charge in [0.1, 0.15) is 0 Å². The van der Waals surface area contributed by atoms with Gasteiger partial charge in [0.15, 0.2) is 5.78 Å². The van der Waals surface area contributed by atoms with Crippen molar-refractivity contribution in [2.45, 2.75) is 19.4 Å². The van der Waals surface area contributed by atoms with Crippen LogP contribution in [0, 0.1) is 0 Å². The lowest BCUT2D eigenvalue weighted by Crippen LogP contribution is -2.30. The Bertz CT molecular complexity index is 561. The van der Waals surface area contributed by atoms with E-state index in [1.165, 1.54) is 5.56 Å². The minimum Gasteiger partial charge on any atom is -0.376 e. The maximum Gasteiger partial charge on any atom is 0.168 e. The molecule has 0 fully saturated rings. The summed E-state index contributed by atoms with van der Waals surface area (Å²) in [4.78, 5) is 16.6. The van der Waals surface area contributed by atoms with Gasteiger partial charge in [0, 0.05) is 30.8 Å². The fourth-order valence-corrected chi connectivity index (χ4v) is 2.51. The highest BCUT2D eigenvalue weighted by Gasteiger charge is 2.25. The van der Waals surface area contributed by atoms with E-state index in [1.807, 2.05) is 18.2 Å². The molecule has 20 heavy (non-hydrogen) atoms. The van der Waals surface area contributed by atoms with Crippen molar-refractivity contribution in [3.8, 4) is 0 Å². The Morgan fingerprint density at radius 2 is 2.05 bits per heavy atom. The molecule has 2 aliphatic rings. The SMILES string of the molecule is O=C1CC(CNCc2ccccc2)=NC2=C1COCC2. The number of ketones is 1. The molecular weight excluding hydrogens is 252 g/mol. The zero-order valence-electron chi connectivity index (χ0n) is 11.4. The molecule has 0 aromatic heterocycles. The average Bonchev–Trinajstić information content (AvgIpc) is 2.48. The zero-order chi connectivity index (χ0) is 13.8. The van der Waals surface area contributed by atoms with E-state index in [0.717, 1.165) is 29.9 Å². The third-order valence-corrected chi connectivity index (χ3v) is 3.57. The number of carbonyl (C=O) groups is 1. The minimum atomic E-state index is 0.172. The molecule has 2 aliphatic heterocycles. The molecule has 0 radical (unpaired) electrons. The van der Waals surface area contributed by atoms with Gasteiger partial charge in [-0.2, -0.15) is 0 Å². The van der Waals surface area contributed by atoms with Gasteiger partial charge in [0.2, 0.25) is 0 Å². The minimum absolute atomic E-state index is 0.172. The summed E-state index contributed by atoms with van der Waals surface area (Å²) in [5, 5.41) is 3.35. The molecule has 104 valence electrons. The molecule has 1 aromatic carbocycles. The highest BCUT2D eigenvalue weighted by atomic mass is 16.5. The van der Waals surface area contributed by atoms with Crippen molar-refractivity contribution < 1.29 is 9.53 Å². The molecule has 1 N–H and O–H groups in total. The molecule has 0 spiro atoms. The van der Waals surface area contributed by atoms with Crippen molar-refractivity contribution in [3.05, 3.63) is 47.2 Å². The van der Waals surface area contributed by atoms with Crippen LogP contribution in [0.15, 0.2) is 46.6 Å². The monoisotopic (exact) mass is 270 g/mol. The Balaban J connectivity index is 1.60. The van der Waals surface area contributed by atoms with Crippen molar-refractivity contribution >= 4 is 11.5 Å². The van der Waals surface area contributed by atoms with E-state index in [2.05, 4.69) is 22.4 Å². The molecule has 0 aliphatic carbocycles. The average molecular weight is 270 g/mol. The second-order valence-corrected chi connectivity index (χ2v) is 5.09. The molecule has 4 nitrogen and oxygen atoms in total. The lowest BCUT2D eigenvalue weighted by atomic mass is 9.98. The molecule has 4 heteroatoms. The van der Waals surface area contributed by atoms with Crippen molar-refractivity contribution in [2.24, 2.45) is 4.99 Å². The summed E-state index contributed by atoms with van der Waals surface area (Å²) in [6.45, 7) is 2.56. The van der Waals surface area contributed by atoms with Crippen LogP contribution in [0.3, 0.4) is 0 Å². The number of rotatable bonds is 4. The van der Waals surface area contributed by atoms with Crippen molar-refractivity contribution in [2.75, 3.05) is 19.8 Å². The van der Waals surface area contributed by atoms with Crippen LogP contribution >= 0.6 is 0 Å². The van der Waals surface area contributed by atoms with E-state index in [-0.39, 0.29) is 5.78 Å². The Morgan fingerprint density at radius 1 is 1.20 bits per heavy atom. The third kappa shape index (κ3) is 3.03. The fourth-order valence-electron chi connectivity index (χ4n) is 2.51. The summed E-state index contributed by atoms with van der Waals surface area (Å²) in [6.07, 6.45) is 1.17. The first-order chi connectivity index (χ1) is 9.83. The molecule has 0 saturated carbocycles. The summed E-state index contributed by atoms with van der Waals surface area (Å²) < 4.78 is 5.32. The van der Waals surface area contributed by atoms with E-state index in [1.54, 1.807) is 0 Å². The van der Waals surface area contributed by atoms with Gasteiger partial charge in [0.25, 0.3) is 0 Å². The van der Waals surface area contributed by atoms with E-state index in [9.17, 15) is 4.79 Å². The summed E-state index contributed by atoms with van der Waals surface area (Å²) in [7, 11) is 0. The normalized spacial score (nSPS) is 18.8. The number of nitrogens with one attached hydrogen (secondary N) is 1. The second-order valence-electron chi connectivity index (χ2n) is 5.09. The van der Waals surface area contributed by atoms with E-state index >= 15 is 0 Å². The predicted molar refractivity (Wildman–Crippen MR) is 77.7 cm³/mol. The van der Waals surface area contributed by atoms with E-state index in [0.29, 0.717) is 26.2 Å². The number of aliphatic imine (C=N–C) groups is 1. The Morgan fingerprint density at radius 3 is 2.90 bits per heavy atom. The van der Waals surface area contributed by atoms with Crippen LogP contribution in [0.1, 0.15) is 18.4 Å². The first kappa shape index (κ1) is 13.2. The lowest BCUT2D eigenvalue weighted by molar-refractivity contribution is -0.115. The van der Waals surface area contributed by atoms with Crippen molar-refractivity contribution in [1.29, 1.82) is 0 Å². The van der Waals surface area contributed by atoms with Gasteiger partial charge in [-0.25, -0.2) is 0 Å². The van der Waals surface area contributed by atoms with Gasteiger partial charge in [-0.05, 0) is 5.56 Å². The first-order valence-electron chi connectivity index (χ1n) is 6.97. The molecule has 0 bridgehead atoms. The summed E-state index contributed by atoms with van der Waals surface area (Å²) >= 11 is 0. The van der Waals surface area contributed by atoms with Crippen LogP contribution in [0.5, 0.6) is 0 Å². The van der Waals surface area contributed by atoms with Crippen LogP contribution in [0.4, 0.5) is 0 Å². The number of hydrogen-bond acceptors (Lipinski definition) is 4. The van der Waals surface area contributed by atoms with Crippen LogP contribution < -0.4 is 5.32 Å². The maximum atomic E-state index is 12.0. The molecule has 0 unspecified atom stereocenters. The van der Waals surface area contributed by atoms with Gasteiger partial charge in [-0.1, -0.05) is 30.3 Å². The molecule has 0 saturated heterocycles. The van der Waals surface area contributed by atoms with Gasteiger partial charge < -0.3 is 10.1 Å². The number of benzene rings is 1. The maximum absolute atomic E-state index is 12.0. The standard InChI is InChI=1S/C16H18N2O2/c19-16-8-13(18-15-6-7-20-11-14(15)16)10-17-9-12-4-2-1-3-5-12/h1-5,17H,6-11H2. The first-order valence-corrected chi connectivity index (χ1v) is 6.97. The number of hydrogen-bond donors (Lipinski definition) is 1. The molecule has 1 aromatic rings. The molecular formula is C16H18N2O2. The highest BCUT2D eigenvalue weighted by molar-refractivity contribution is 6.13. The summed E-state index contributed by atoms with van der Waals surface area (Å²) in [5.41, 5.74) is 3.89. The van der Waals surface area contributed by atoms with Gasteiger partial charge in [-0.15, -0.1) is 0 Å². The number of Topliss-reactive ketones (excluding diaryl/α,β-unsaturated/α-hetero) is 1. The smallest absolute Gasteiger partial charge is 0.168 e. The van der Waals surface area contributed by atoms with Gasteiger partial charge in [0.05, 0.1) is 25.3 Å². The van der Waals surface area contributed by atoms with Gasteiger partial charge >= 0.3 is 0 Å². The molecule has 3 rings (SSSR count). The second kappa shape index (κ2) is 6.11. The summed E-state index contributed by atoms with van der Waals surface area (Å²) in [5.74, 6) is 0.172. The number of carbonyl (C=O) groups excluding carboxylic acids is 1. The van der Waals surface area contributed by atoms with E-state index in [4.69, 9.17) is 4.74 Å². The topological polar surface area (TPSA) is 50.7 Å². The van der Waals surface area contributed by atoms with Crippen LogP contribution in [0.25, 0.3) is 0 Å². The quantitative estimate of drug-likeness (QED) is 0.908. The van der Waals surface area contributed by atoms with Crippen LogP contribution in [-0.4, -0.2) is 31.3 Å². The predicted octanol–water partition coefficient (Wildman–Crippen LogP) is 1.86. The largest absolute Gasteiger partial charge is 0.376 e. The highest BCUT2D eigenvalue weighted by Crippen LogP contribution is 2.23. The summed E-state index contributed by atoms with van der Waals surface area (Å²) in [6, 6.07) is 10.2. The molecule has 0 atom stereocenters. The van der Waals surface area contributed by atoms with Crippen molar-refractivity contribution in [3.63, 3.8) is 0 Å². The molecule has 0 amide bonds. The zero-order valence-corrected chi connectivity index (χ0v) is 11.4. The van der Waals surface area contributed by atoms with Crippen LogP contribution in [0.2, 0.25) is 0 Å². The van der Waals surface area contributed by atoms with Gasteiger partial charge in [-0.3, -0.25) is 9.79 Å². The lowest BCUT2D eigenvalue weighted by Gasteiger charge is -2.22. The Kier molecular flexibility index (Phi) is 4.04. The van der Waals surface area contributed by atoms with Crippen LogP contribution in [-0.2, 0) is 16.1 Å².